The van der Waals surface area contributed by atoms with E-state index in [0.29, 0.717) is 22.7 Å². The lowest BCUT2D eigenvalue weighted by Gasteiger charge is -2.03. The number of halogens is 2. The van der Waals surface area contributed by atoms with E-state index in [9.17, 15) is 14.5 Å². The largest absolute Gasteiger partial charge is 0.326 e. The first-order valence-corrected chi connectivity index (χ1v) is 6.27. The van der Waals surface area contributed by atoms with Gasteiger partial charge in [0.25, 0.3) is 5.69 Å². The van der Waals surface area contributed by atoms with Gasteiger partial charge in [-0.2, -0.15) is 0 Å². The van der Waals surface area contributed by atoms with E-state index in [1.54, 1.807) is 6.07 Å². The van der Waals surface area contributed by atoms with Crippen LogP contribution in [-0.4, -0.2) is 14.9 Å². The first kappa shape index (κ1) is 13.3. The number of hydrogen-bond donors (Lipinski definition) is 2. The van der Waals surface area contributed by atoms with Gasteiger partial charge < -0.3 is 10.3 Å². The Morgan fingerprint density at radius 3 is 2.81 bits per heavy atom. The van der Waals surface area contributed by atoms with Crippen molar-refractivity contribution in [3.05, 3.63) is 57.4 Å². The molecule has 106 valence electrons. The van der Waals surface area contributed by atoms with Gasteiger partial charge in [-0.1, -0.05) is 11.6 Å². The number of nitrogens with one attached hydrogen (secondary N) is 2. The van der Waals surface area contributed by atoms with Gasteiger partial charge >= 0.3 is 0 Å². The molecule has 0 aliphatic carbocycles. The zero-order valence-corrected chi connectivity index (χ0v) is 11.2. The van der Waals surface area contributed by atoms with Gasteiger partial charge in [0.2, 0.25) is 5.95 Å². The third-order valence-corrected chi connectivity index (χ3v) is 3.15. The number of non-ortho nitro benzene ring substituents is 1. The van der Waals surface area contributed by atoms with Crippen molar-refractivity contribution in [3.63, 3.8) is 0 Å². The molecule has 0 saturated heterocycles. The Morgan fingerprint density at radius 2 is 2.10 bits per heavy atom. The first-order valence-electron chi connectivity index (χ1n) is 5.89. The van der Waals surface area contributed by atoms with Gasteiger partial charge in [-0.15, -0.1) is 0 Å². The van der Waals surface area contributed by atoms with Gasteiger partial charge in [0, 0.05) is 17.8 Å². The summed E-state index contributed by atoms with van der Waals surface area (Å²) < 4.78 is 13.1. The summed E-state index contributed by atoms with van der Waals surface area (Å²) in [7, 11) is 0. The number of nitro benzene ring substituents is 1. The van der Waals surface area contributed by atoms with Crippen LogP contribution in [0.5, 0.6) is 0 Å². The van der Waals surface area contributed by atoms with E-state index < -0.39 is 10.7 Å². The van der Waals surface area contributed by atoms with Crippen molar-refractivity contribution in [2.24, 2.45) is 0 Å². The highest BCUT2D eigenvalue weighted by molar-refractivity contribution is 6.31. The summed E-state index contributed by atoms with van der Waals surface area (Å²) in [5, 5.41) is 13.6. The Balaban J connectivity index is 1.93. The Bertz CT molecular complexity index is 849. The molecule has 3 rings (SSSR count). The molecule has 6 nitrogen and oxygen atoms in total. The molecule has 3 aromatic rings. The maximum absolute atomic E-state index is 13.1. The van der Waals surface area contributed by atoms with Gasteiger partial charge in [-0.05, 0) is 24.3 Å². The molecule has 2 aromatic carbocycles. The number of H-pyrrole nitrogens is 1. The summed E-state index contributed by atoms with van der Waals surface area (Å²) in [5.74, 6) is -0.129. The maximum Gasteiger partial charge on any atom is 0.271 e. The van der Waals surface area contributed by atoms with Gasteiger partial charge in [0.1, 0.15) is 5.82 Å². The van der Waals surface area contributed by atoms with Gasteiger partial charge in [-0.3, -0.25) is 10.1 Å². The second kappa shape index (κ2) is 5.02. The van der Waals surface area contributed by atoms with Crippen LogP contribution in [-0.2, 0) is 0 Å². The van der Waals surface area contributed by atoms with Crippen LogP contribution >= 0.6 is 11.6 Å². The summed E-state index contributed by atoms with van der Waals surface area (Å²) in [6.45, 7) is 0. The molecule has 0 amide bonds. The quantitative estimate of drug-likeness (QED) is 0.565. The number of hydrogen-bond acceptors (Lipinski definition) is 4. The van der Waals surface area contributed by atoms with E-state index in [2.05, 4.69) is 15.3 Å². The second-order valence-corrected chi connectivity index (χ2v) is 4.71. The van der Waals surface area contributed by atoms with E-state index in [4.69, 9.17) is 11.6 Å². The lowest BCUT2D eigenvalue weighted by atomic mass is 10.3. The molecule has 0 spiro atoms. The number of imidazole rings is 1. The molecule has 0 radical (unpaired) electrons. The summed E-state index contributed by atoms with van der Waals surface area (Å²) in [5.41, 5.74) is 1.63. The zero-order chi connectivity index (χ0) is 15.0. The van der Waals surface area contributed by atoms with Gasteiger partial charge in [-0.25, -0.2) is 9.37 Å². The lowest BCUT2D eigenvalue weighted by Crippen LogP contribution is -1.92. The molecule has 1 aromatic heterocycles. The van der Waals surface area contributed by atoms with Gasteiger partial charge in [0.05, 0.1) is 21.0 Å². The third-order valence-electron chi connectivity index (χ3n) is 2.86. The third kappa shape index (κ3) is 2.63. The van der Waals surface area contributed by atoms with Crippen LogP contribution in [0.1, 0.15) is 0 Å². The molecule has 0 atom stereocenters. The monoisotopic (exact) mass is 306 g/mol. The Kier molecular flexibility index (Phi) is 3.19. The van der Waals surface area contributed by atoms with E-state index in [1.807, 2.05) is 0 Å². The van der Waals surface area contributed by atoms with Crippen molar-refractivity contribution >= 4 is 40.0 Å². The fourth-order valence-electron chi connectivity index (χ4n) is 1.88. The SMILES string of the molecule is O=[N+]([O-])c1ccc2nc(Nc3ccc(F)c(Cl)c3)[nH]c2c1. The predicted octanol–water partition coefficient (Wildman–Crippen LogP) is 4.01. The number of aromatic amines is 1. The molecule has 1 heterocycles. The van der Waals surface area contributed by atoms with Crippen LogP contribution in [0.3, 0.4) is 0 Å². The van der Waals surface area contributed by atoms with Crippen LogP contribution in [0.2, 0.25) is 5.02 Å². The summed E-state index contributed by atoms with van der Waals surface area (Å²) in [6, 6.07) is 8.49. The smallest absolute Gasteiger partial charge is 0.271 e. The number of nitro groups is 1. The lowest BCUT2D eigenvalue weighted by molar-refractivity contribution is -0.384. The average molecular weight is 307 g/mol. The topological polar surface area (TPSA) is 83.8 Å². The van der Waals surface area contributed by atoms with Crippen molar-refractivity contribution in [1.29, 1.82) is 0 Å². The fourth-order valence-corrected chi connectivity index (χ4v) is 2.06. The molecule has 2 N–H and O–H groups in total. The van der Waals surface area contributed by atoms with E-state index in [1.165, 1.54) is 30.3 Å². The molecular formula is C13H8ClFN4O2. The van der Waals surface area contributed by atoms with Crippen LogP contribution in [0.15, 0.2) is 36.4 Å². The van der Waals surface area contributed by atoms with E-state index in [0.717, 1.165) is 0 Å². The van der Waals surface area contributed by atoms with Crippen LogP contribution in [0.25, 0.3) is 11.0 Å². The summed E-state index contributed by atoms with van der Waals surface area (Å²) >= 11 is 5.69. The van der Waals surface area contributed by atoms with E-state index in [-0.39, 0.29) is 10.7 Å². The maximum atomic E-state index is 13.1. The van der Waals surface area contributed by atoms with Crippen LogP contribution in [0.4, 0.5) is 21.7 Å². The molecule has 8 heteroatoms. The van der Waals surface area contributed by atoms with Crippen molar-refractivity contribution in [3.8, 4) is 0 Å². The minimum Gasteiger partial charge on any atom is -0.326 e. The Hall–Kier alpha value is -2.67. The number of nitrogens with zero attached hydrogens (tertiary/aromatic N) is 2. The molecule has 0 saturated carbocycles. The highest BCUT2D eigenvalue weighted by atomic mass is 35.5. The normalized spacial score (nSPS) is 10.8. The predicted molar refractivity (Wildman–Crippen MR) is 77.4 cm³/mol. The molecule has 21 heavy (non-hydrogen) atoms. The average Bonchev–Trinajstić information content (AvgIpc) is 2.84. The Labute approximate surface area is 122 Å². The zero-order valence-electron chi connectivity index (χ0n) is 10.4. The molecule has 0 aliphatic rings. The molecule has 0 unspecified atom stereocenters. The summed E-state index contributed by atoms with van der Waals surface area (Å²) in [6.07, 6.45) is 0. The fraction of sp³-hybridized carbons (Fsp3) is 0. The Morgan fingerprint density at radius 1 is 1.29 bits per heavy atom. The highest BCUT2D eigenvalue weighted by Gasteiger charge is 2.10. The second-order valence-electron chi connectivity index (χ2n) is 4.30. The molecule has 0 aliphatic heterocycles. The molecular weight excluding hydrogens is 299 g/mol. The molecule has 0 bridgehead atoms. The van der Waals surface area contributed by atoms with Crippen molar-refractivity contribution in [2.75, 3.05) is 5.32 Å². The van der Waals surface area contributed by atoms with Crippen LogP contribution < -0.4 is 5.32 Å². The van der Waals surface area contributed by atoms with Gasteiger partial charge in [0.15, 0.2) is 0 Å². The summed E-state index contributed by atoms with van der Waals surface area (Å²) in [4.78, 5) is 17.4. The van der Waals surface area contributed by atoms with Crippen molar-refractivity contribution < 1.29 is 9.31 Å². The van der Waals surface area contributed by atoms with Crippen LogP contribution in [0, 0.1) is 15.9 Å². The first-order chi connectivity index (χ1) is 10.0. The van der Waals surface area contributed by atoms with Crippen molar-refractivity contribution in [2.45, 2.75) is 0 Å². The number of benzene rings is 2. The number of fused-ring (bicyclic) bond motifs is 1. The van der Waals surface area contributed by atoms with E-state index >= 15 is 0 Å². The minimum atomic E-state index is -0.512. The minimum absolute atomic E-state index is 0.00764. The standard InChI is InChI=1S/C13H8ClFN4O2/c14-9-5-7(1-3-10(9)15)16-13-17-11-4-2-8(19(20)21)6-12(11)18-13/h1-6H,(H2,16,17,18). The highest BCUT2D eigenvalue weighted by Crippen LogP contribution is 2.24. The van der Waals surface area contributed by atoms with Crippen molar-refractivity contribution in [1.82, 2.24) is 9.97 Å². The molecule has 0 fully saturated rings. The number of aromatic nitrogens is 2. The number of anilines is 2. The number of rotatable bonds is 3.